The molecule has 1 heterocycles. The van der Waals surface area contributed by atoms with Crippen LogP contribution in [0.5, 0.6) is 0 Å². The maximum atomic E-state index is 12.3. The van der Waals surface area contributed by atoms with E-state index in [1.54, 1.807) is 0 Å². The van der Waals surface area contributed by atoms with Gasteiger partial charge in [0.15, 0.2) is 0 Å². The van der Waals surface area contributed by atoms with Crippen molar-refractivity contribution in [1.82, 2.24) is 4.90 Å². The largest absolute Gasteiger partial charge is 0.443 e. The molecular weight excluding hydrogens is 226 g/mol. The normalized spacial score (nSPS) is 24.7. The summed E-state index contributed by atoms with van der Waals surface area (Å²) < 4.78 is 5.62. The van der Waals surface area contributed by atoms with Crippen LogP contribution in [0.2, 0.25) is 0 Å². The number of likely N-dealkylation sites (tertiary alicyclic amines) is 1. The van der Waals surface area contributed by atoms with Gasteiger partial charge in [0, 0.05) is 12.6 Å². The Bertz CT molecular complexity index is 286. The Hall–Kier alpha value is -0.730. The summed E-state index contributed by atoms with van der Waals surface area (Å²) in [5.41, 5.74) is -0.356. The first-order valence-corrected chi connectivity index (χ1v) is 7.30. The maximum Gasteiger partial charge on any atom is 0.410 e. The number of hydrogen-bond donors (Lipinski definition) is 0. The lowest BCUT2D eigenvalue weighted by molar-refractivity contribution is 0.00844. The minimum absolute atomic E-state index is 0.128. The fourth-order valence-electron chi connectivity index (χ4n) is 2.41. The van der Waals surface area contributed by atoms with Crippen LogP contribution in [-0.2, 0) is 4.74 Å². The van der Waals surface area contributed by atoms with E-state index < -0.39 is 0 Å². The smallest absolute Gasteiger partial charge is 0.410 e. The highest BCUT2D eigenvalue weighted by Gasteiger charge is 2.37. The molecule has 0 unspecified atom stereocenters. The number of hydrogen-bond acceptors (Lipinski definition) is 2. The van der Waals surface area contributed by atoms with Gasteiger partial charge in [0.2, 0.25) is 0 Å². The quantitative estimate of drug-likeness (QED) is 0.758. The number of nitrogens with zero attached hydrogens (tertiary/aromatic N) is 1. The maximum absolute atomic E-state index is 12.3. The van der Waals surface area contributed by atoms with Crippen LogP contribution in [0.15, 0.2) is 0 Å². The molecule has 1 fully saturated rings. The van der Waals surface area contributed by atoms with Crippen molar-refractivity contribution in [3.05, 3.63) is 0 Å². The lowest BCUT2D eigenvalue weighted by Crippen LogP contribution is -2.40. The Labute approximate surface area is 112 Å². The molecule has 18 heavy (non-hydrogen) atoms. The van der Waals surface area contributed by atoms with Gasteiger partial charge in [-0.1, -0.05) is 27.7 Å². The van der Waals surface area contributed by atoms with Gasteiger partial charge in [0.1, 0.15) is 5.60 Å². The number of rotatable bonds is 4. The van der Waals surface area contributed by atoms with Crippen molar-refractivity contribution in [3.63, 3.8) is 0 Å². The molecule has 3 heteroatoms. The molecule has 1 rings (SSSR count). The monoisotopic (exact) mass is 255 g/mol. The zero-order valence-corrected chi connectivity index (χ0v) is 12.8. The molecule has 2 atom stereocenters. The Morgan fingerprint density at radius 1 is 1.39 bits per heavy atom. The highest BCUT2D eigenvalue weighted by Crippen LogP contribution is 2.31. The predicted octanol–water partition coefficient (Wildman–Crippen LogP) is 4.07. The van der Waals surface area contributed by atoms with Crippen LogP contribution in [0.1, 0.15) is 60.8 Å². The third kappa shape index (κ3) is 3.63. The van der Waals surface area contributed by atoms with E-state index >= 15 is 0 Å². The topological polar surface area (TPSA) is 29.5 Å². The number of carbonyl (C=O) groups is 1. The lowest BCUT2D eigenvalue weighted by atomic mass is 9.93. The summed E-state index contributed by atoms with van der Waals surface area (Å²) >= 11 is 0. The second-order valence-electron chi connectivity index (χ2n) is 6.44. The van der Waals surface area contributed by atoms with Gasteiger partial charge in [-0.25, -0.2) is 4.79 Å². The van der Waals surface area contributed by atoms with E-state index in [1.807, 2.05) is 25.7 Å². The zero-order chi connectivity index (χ0) is 13.9. The van der Waals surface area contributed by atoms with Crippen molar-refractivity contribution in [2.24, 2.45) is 11.8 Å². The molecule has 0 bridgehead atoms. The minimum atomic E-state index is -0.356. The van der Waals surface area contributed by atoms with Gasteiger partial charge in [-0.05, 0) is 44.9 Å². The summed E-state index contributed by atoms with van der Waals surface area (Å²) in [5.74, 6) is 1.25. The average Bonchev–Trinajstić information content (AvgIpc) is 2.72. The SMILES string of the molecule is CC[C@@H]1C[C@H](C(C)C)CN1C(=O)OC(C)(C)CC. The van der Waals surface area contributed by atoms with E-state index in [0.717, 1.165) is 25.8 Å². The van der Waals surface area contributed by atoms with Crippen LogP contribution in [-0.4, -0.2) is 29.2 Å². The van der Waals surface area contributed by atoms with Crippen LogP contribution in [0.3, 0.4) is 0 Å². The van der Waals surface area contributed by atoms with Gasteiger partial charge in [-0.2, -0.15) is 0 Å². The Morgan fingerprint density at radius 2 is 2.00 bits per heavy atom. The molecule has 0 radical (unpaired) electrons. The van der Waals surface area contributed by atoms with E-state index in [1.165, 1.54) is 0 Å². The van der Waals surface area contributed by atoms with E-state index in [-0.39, 0.29) is 11.7 Å². The first-order valence-electron chi connectivity index (χ1n) is 7.30. The van der Waals surface area contributed by atoms with Crippen LogP contribution >= 0.6 is 0 Å². The Balaban J connectivity index is 2.67. The van der Waals surface area contributed by atoms with Crippen molar-refractivity contribution in [1.29, 1.82) is 0 Å². The summed E-state index contributed by atoms with van der Waals surface area (Å²) in [6.45, 7) is 13.5. The molecule has 3 nitrogen and oxygen atoms in total. The molecular formula is C15H29NO2. The first-order chi connectivity index (χ1) is 8.30. The molecule has 1 saturated heterocycles. The molecule has 0 aromatic heterocycles. The molecule has 0 N–H and O–H groups in total. The Kier molecular flexibility index (Phi) is 5.06. The van der Waals surface area contributed by atoms with Crippen LogP contribution < -0.4 is 0 Å². The van der Waals surface area contributed by atoms with Crippen molar-refractivity contribution in [2.75, 3.05) is 6.54 Å². The molecule has 0 aromatic carbocycles. The Morgan fingerprint density at radius 3 is 2.44 bits per heavy atom. The third-order valence-corrected chi connectivity index (χ3v) is 4.31. The zero-order valence-electron chi connectivity index (χ0n) is 12.8. The van der Waals surface area contributed by atoms with Crippen LogP contribution in [0.25, 0.3) is 0 Å². The van der Waals surface area contributed by atoms with E-state index in [4.69, 9.17) is 4.74 Å². The highest BCUT2D eigenvalue weighted by atomic mass is 16.6. The average molecular weight is 255 g/mol. The van der Waals surface area contributed by atoms with Crippen molar-refractivity contribution < 1.29 is 9.53 Å². The van der Waals surface area contributed by atoms with Crippen LogP contribution in [0, 0.1) is 11.8 Å². The summed E-state index contributed by atoms with van der Waals surface area (Å²) in [5, 5.41) is 0. The molecule has 1 aliphatic heterocycles. The lowest BCUT2D eigenvalue weighted by Gasteiger charge is -2.29. The number of amides is 1. The van der Waals surface area contributed by atoms with E-state index in [2.05, 4.69) is 20.8 Å². The van der Waals surface area contributed by atoms with Crippen molar-refractivity contribution >= 4 is 6.09 Å². The van der Waals surface area contributed by atoms with E-state index in [9.17, 15) is 4.79 Å². The number of carbonyl (C=O) groups excluding carboxylic acids is 1. The molecule has 1 aliphatic rings. The summed E-state index contributed by atoms with van der Waals surface area (Å²) in [7, 11) is 0. The predicted molar refractivity (Wildman–Crippen MR) is 74.6 cm³/mol. The van der Waals surface area contributed by atoms with Crippen LogP contribution in [0.4, 0.5) is 4.79 Å². The molecule has 1 amide bonds. The third-order valence-electron chi connectivity index (χ3n) is 4.31. The van der Waals surface area contributed by atoms with Gasteiger partial charge >= 0.3 is 6.09 Å². The molecule has 0 saturated carbocycles. The fraction of sp³-hybridized carbons (Fsp3) is 0.933. The summed E-state index contributed by atoms with van der Waals surface area (Å²) in [6.07, 6.45) is 2.86. The minimum Gasteiger partial charge on any atom is -0.443 e. The fourth-order valence-corrected chi connectivity index (χ4v) is 2.41. The molecule has 0 spiro atoms. The molecule has 0 aliphatic carbocycles. The van der Waals surface area contributed by atoms with E-state index in [0.29, 0.717) is 17.9 Å². The summed E-state index contributed by atoms with van der Waals surface area (Å²) in [6, 6.07) is 0.359. The first kappa shape index (κ1) is 15.3. The van der Waals surface area contributed by atoms with Gasteiger partial charge in [-0.15, -0.1) is 0 Å². The van der Waals surface area contributed by atoms with Gasteiger partial charge in [0.05, 0.1) is 0 Å². The second-order valence-corrected chi connectivity index (χ2v) is 6.44. The second kappa shape index (κ2) is 5.94. The highest BCUT2D eigenvalue weighted by molar-refractivity contribution is 5.69. The standard InChI is InChI=1S/C15H29NO2/c1-7-13-9-12(11(3)4)10-16(13)14(17)18-15(5,6)8-2/h11-13H,7-10H2,1-6H3/t12-,13+/m0/s1. The van der Waals surface area contributed by atoms with Crippen molar-refractivity contribution in [3.8, 4) is 0 Å². The summed E-state index contributed by atoms with van der Waals surface area (Å²) in [4.78, 5) is 14.2. The van der Waals surface area contributed by atoms with Gasteiger partial charge in [0.25, 0.3) is 0 Å². The van der Waals surface area contributed by atoms with Gasteiger partial charge in [-0.3, -0.25) is 0 Å². The number of ether oxygens (including phenoxy) is 1. The molecule has 0 aromatic rings. The molecule has 106 valence electrons. The van der Waals surface area contributed by atoms with Crippen molar-refractivity contribution in [2.45, 2.75) is 72.4 Å². The van der Waals surface area contributed by atoms with Gasteiger partial charge < -0.3 is 9.64 Å².